The SMILES string of the molecule is COc1cc(NC(=O)/C=C/c2c(C)nn(Cc3ccccc3)c2Cl)ccc1N1CCCC1=O. The predicted molar refractivity (Wildman–Crippen MR) is 130 cm³/mol. The molecule has 0 radical (unpaired) electrons. The molecule has 2 amide bonds. The normalized spacial score (nSPS) is 13.7. The van der Waals surface area contributed by atoms with Crippen molar-refractivity contribution in [2.75, 3.05) is 23.9 Å². The molecule has 0 atom stereocenters. The highest BCUT2D eigenvalue weighted by molar-refractivity contribution is 6.31. The first-order valence-electron chi connectivity index (χ1n) is 10.7. The van der Waals surface area contributed by atoms with Gasteiger partial charge in [-0.2, -0.15) is 5.10 Å². The molecule has 0 aliphatic carbocycles. The van der Waals surface area contributed by atoms with Crippen LogP contribution in [0, 0.1) is 6.92 Å². The van der Waals surface area contributed by atoms with Crippen LogP contribution >= 0.6 is 11.6 Å². The zero-order valence-electron chi connectivity index (χ0n) is 18.5. The number of amides is 2. The second-order valence-corrected chi connectivity index (χ2v) is 8.15. The lowest BCUT2D eigenvalue weighted by atomic mass is 10.2. The second kappa shape index (κ2) is 9.92. The molecule has 1 fully saturated rings. The number of ether oxygens (including phenoxy) is 1. The summed E-state index contributed by atoms with van der Waals surface area (Å²) in [6.45, 7) is 3.07. The number of carbonyl (C=O) groups is 2. The lowest BCUT2D eigenvalue weighted by Crippen LogP contribution is -2.24. The Morgan fingerprint density at radius 1 is 1.24 bits per heavy atom. The van der Waals surface area contributed by atoms with Gasteiger partial charge in [-0.25, -0.2) is 4.68 Å². The summed E-state index contributed by atoms with van der Waals surface area (Å²) in [5.41, 5.74) is 3.80. The highest BCUT2D eigenvalue weighted by Crippen LogP contribution is 2.34. The summed E-state index contributed by atoms with van der Waals surface area (Å²) < 4.78 is 7.16. The van der Waals surface area contributed by atoms with E-state index >= 15 is 0 Å². The van der Waals surface area contributed by atoms with Crippen LogP contribution in [0.5, 0.6) is 5.75 Å². The van der Waals surface area contributed by atoms with Gasteiger partial charge >= 0.3 is 0 Å². The number of carbonyl (C=O) groups excluding carboxylic acids is 2. The lowest BCUT2D eigenvalue weighted by molar-refractivity contribution is -0.117. The van der Waals surface area contributed by atoms with Crippen molar-refractivity contribution in [1.29, 1.82) is 0 Å². The van der Waals surface area contributed by atoms with Crippen molar-refractivity contribution in [3.63, 3.8) is 0 Å². The molecule has 0 spiro atoms. The highest BCUT2D eigenvalue weighted by atomic mass is 35.5. The summed E-state index contributed by atoms with van der Waals surface area (Å²) in [5.74, 6) is 0.300. The number of methoxy groups -OCH3 is 1. The van der Waals surface area contributed by atoms with Crippen molar-refractivity contribution in [3.05, 3.63) is 76.6 Å². The zero-order chi connectivity index (χ0) is 23.4. The van der Waals surface area contributed by atoms with Crippen LogP contribution in [0.1, 0.15) is 29.7 Å². The van der Waals surface area contributed by atoms with Gasteiger partial charge in [-0.05, 0) is 37.1 Å². The summed E-state index contributed by atoms with van der Waals surface area (Å²) >= 11 is 6.52. The fraction of sp³-hybridized carbons (Fsp3) is 0.240. The number of aryl methyl sites for hydroxylation is 1. The average molecular weight is 465 g/mol. The minimum atomic E-state index is -0.312. The fourth-order valence-electron chi connectivity index (χ4n) is 3.84. The number of hydrogen-bond donors (Lipinski definition) is 1. The molecule has 1 N–H and O–H groups in total. The molecule has 0 unspecified atom stereocenters. The van der Waals surface area contributed by atoms with Gasteiger partial charge in [0.2, 0.25) is 11.8 Å². The number of rotatable bonds is 7. The van der Waals surface area contributed by atoms with Crippen LogP contribution < -0.4 is 15.0 Å². The third kappa shape index (κ3) is 5.09. The fourth-order valence-corrected chi connectivity index (χ4v) is 4.14. The average Bonchev–Trinajstić information content (AvgIpc) is 3.35. The van der Waals surface area contributed by atoms with Crippen molar-refractivity contribution in [2.24, 2.45) is 0 Å². The summed E-state index contributed by atoms with van der Waals surface area (Å²) in [7, 11) is 1.54. The number of anilines is 2. The first-order valence-corrected chi connectivity index (χ1v) is 11.1. The number of aromatic nitrogens is 2. The van der Waals surface area contributed by atoms with Gasteiger partial charge in [-0.15, -0.1) is 0 Å². The van der Waals surface area contributed by atoms with Crippen LogP contribution in [-0.2, 0) is 16.1 Å². The zero-order valence-corrected chi connectivity index (χ0v) is 19.3. The van der Waals surface area contributed by atoms with Gasteiger partial charge in [0.15, 0.2) is 0 Å². The molecular formula is C25H25ClN4O3. The van der Waals surface area contributed by atoms with Crippen LogP contribution in [-0.4, -0.2) is 35.2 Å². The second-order valence-electron chi connectivity index (χ2n) is 7.79. The third-order valence-corrected chi connectivity index (χ3v) is 5.90. The van der Waals surface area contributed by atoms with E-state index in [2.05, 4.69) is 10.4 Å². The summed E-state index contributed by atoms with van der Waals surface area (Å²) in [4.78, 5) is 26.3. The van der Waals surface area contributed by atoms with E-state index < -0.39 is 0 Å². The molecule has 0 saturated carbocycles. The standard InChI is InChI=1S/C25H25ClN4O3/c1-17-20(25(26)30(28-17)16-18-7-4-3-5-8-18)11-13-23(31)27-19-10-12-21(22(15-19)33-2)29-14-6-9-24(29)32/h3-5,7-8,10-13,15H,6,9,14,16H2,1-2H3,(H,27,31)/b13-11+. The van der Waals surface area contributed by atoms with Crippen LogP contribution in [0.15, 0.2) is 54.6 Å². The van der Waals surface area contributed by atoms with Crippen LogP contribution in [0.3, 0.4) is 0 Å². The van der Waals surface area contributed by atoms with Crippen molar-refractivity contribution < 1.29 is 14.3 Å². The van der Waals surface area contributed by atoms with Gasteiger partial charge in [0.1, 0.15) is 10.9 Å². The molecule has 8 heteroatoms. The quantitative estimate of drug-likeness (QED) is 0.515. The summed E-state index contributed by atoms with van der Waals surface area (Å²) in [5, 5.41) is 7.79. The number of hydrogen-bond acceptors (Lipinski definition) is 4. The van der Waals surface area contributed by atoms with Crippen molar-refractivity contribution in [1.82, 2.24) is 9.78 Å². The van der Waals surface area contributed by atoms with E-state index in [0.717, 1.165) is 17.7 Å². The van der Waals surface area contributed by atoms with Crippen LogP contribution in [0.25, 0.3) is 6.08 Å². The van der Waals surface area contributed by atoms with E-state index in [1.165, 1.54) is 6.08 Å². The monoisotopic (exact) mass is 464 g/mol. The van der Waals surface area contributed by atoms with Crippen molar-refractivity contribution >= 4 is 40.9 Å². The molecule has 1 aliphatic heterocycles. The van der Waals surface area contributed by atoms with E-state index in [1.807, 2.05) is 37.3 Å². The van der Waals surface area contributed by atoms with Crippen molar-refractivity contribution in [2.45, 2.75) is 26.3 Å². The van der Waals surface area contributed by atoms with E-state index in [9.17, 15) is 9.59 Å². The van der Waals surface area contributed by atoms with Gasteiger partial charge in [0, 0.05) is 36.4 Å². The first-order chi connectivity index (χ1) is 16.0. The van der Waals surface area contributed by atoms with Gasteiger partial charge < -0.3 is 15.0 Å². The summed E-state index contributed by atoms with van der Waals surface area (Å²) in [6.07, 6.45) is 4.45. The molecule has 2 aromatic carbocycles. The Balaban J connectivity index is 1.46. The Bertz CT molecular complexity index is 1200. The Labute approximate surface area is 197 Å². The molecule has 7 nitrogen and oxygen atoms in total. The van der Waals surface area contributed by atoms with Crippen LogP contribution in [0.2, 0.25) is 5.15 Å². The molecule has 1 aliphatic rings. The molecule has 3 aromatic rings. The summed E-state index contributed by atoms with van der Waals surface area (Å²) in [6, 6.07) is 15.2. The molecule has 4 rings (SSSR count). The molecule has 0 bridgehead atoms. The van der Waals surface area contributed by atoms with E-state index in [-0.39, 0.29) is 11.8 Å². The molecule has 1 saturated heterocycles. The maximum Gasteiger partial charge on any atom is 0.248 e. The minimum absolute atomic E-state index is 0.0769. The molecule has 170 valence electrons. The largest absolute Gasteiger partial charge is 0.494 e. The lowest BCUT2D eigenvalue weighted by Gasteiger charge is -2.19. The van der Waals surface area contributed by atoms with Gasteiger partial charge in [0.25, 0.3) is 0 Å². The number of nitrogens with zero attached hydrogens (tertiary/aromatic N) is 3. The van der Waals surface area contributed by atoms with E-state index in [4.69, 9.17) is 16.3 Å². The molecule has 2 heterocycles. The maximum atomic E-state index is 12.5. The molecule has 1 aromatic heterocycles. The Morgan fingerprint density at radius 2 is 2.03 bits per heavy atom. The Morgan fingerprint density at radius 3 is 2.73 bits per heavy atom. The Kier molecular flexibility index (Phi) is 6.79. The molecule has 33 heavy (non-hydrogen) atoms. The smallest absolute Gasteiger partial charge is 0.248 e. The number of halogens is 1. The van der Waals surface area contributed by atoms with E-state index in [1.54, 1.807) is 41.0 Å². The maximum absolute atomic E-state index is 12.5. The number of benzene rings is 2. The van der Waals surface area contributed by atoms with Gasteiger partial charge in [-0.3, -0.25) is 9.59 Å². The molecular weight excluding hydrogens is 440 g/mol. The third-order valence-electron chi connectivity index (χ3n) is 5.50. The predicted octanol–water partition coefficient (Wildman–Crippen LogP) is 4.68. The van der Waals surface area contributed by atoms with Gasteiger partial charge in [-0.1, -0.05) is 41.9 Å². The van der Waals surface area contributed by atoms with E-state index in [0.29, 0.717) is 47.4 Å². The van der Waals surface area contributed by atoms with Crippen molar-refractivity contribution in [3.8, 4) is 5.75 Å². The topological polar surface area (TPSA) is 76.5 Å². The first kappa shape index (κ1) is 22.6. The minimum Gasteiger partial charge on any atom is -0.494 e. The van der Waals surface area contributed by atoms with Gasteiger partial charge in [0.05, 0.1) is 25.0 Å². The Hall–Kier alpha value is -3.58. The van der Waals surface area contributed by atoms with Crippen LogP contribution in [0.4, 0.5) is 11.4 Å². The highest BCUT2D eigenvalue weighted by Gasteiger charge is 2.24. The number of nitrogens with one attached hydrogen (secondary N) is 1.